The van der Waals surface area contributed by atoms with Gasteiger partial charge in [-0.2, -0.15) is 0 Å². The maximum absolute atomic E-state index is 13.6. The molecule has 4 amide bonds. The first-order chi connectivity index (χ1) is 19.9. The highest BCUT2D eigenvalue weighted by Gasteiger charge is 2.33. The number of urea groups is 1. The molecular formula is C31H42N4O6. The number of ether oxygens (including phenoxy) is 2. The summed E-state index contributed by atoms with van der Waals surface area (Å²) in [6.07, 6.45) is 5.79. The number of hydrogen-bond donors (Lipinski definition) is 3. The standard InChI is InChI=1S/C31H42N4O6/c1-2-3-17-41-30(27(36)29(38)32-25-14-13-23-11-7-8-12-24(23)21-25)34-28(37)26(20-22-9-5-4-6-10-22)33-31(39)35-15-18-40-19-16-35/h7-8,11-14,21-22,26,30H,2-6,9-10,15-20H2,1H3,(H,32,38)(H,33,39)(H,34,37)/t26-,30?/m0/s1. The summed E-state index contributed by atoms with van der Waals surface area (Å²) in [5, 5.41) is 10.1. The second-order valence-corrected chi connectivity index (χ2v) is 10.8. The molecule has 3 N–H and O–H groups in total. The van der Waals surface area contributed by atoms with Crippen LogP contribution in [0.3, 0.4) is 0 Å². The van der Waals surface area contributed by atoms with Crippen LogP contribution in [-0.2, 0) is 23.9 Å². The van der Waals surface area contributed by atoms with Crippen molar-refractivity contribution in [1.29, 1.82) is 0 Å². The van der Waals surface area contributed by atoms with Gasteiger partial charge in [0.15, 0.2) is 6.23 Å². The molecular weight excluding hydrogens is 524 g/mol. The molecule has 4 rings (SSSR count). The Morgan fingerprint density at radius 1 is 0.976 bits per heavy atom. The van der Waals surface area contributed by atoms with Crippen LogP contribution in [-0.4, -0.2) is 73.7 Å². The number of unbranched alkanes of at least 4 members (excludes halogenated alkanes) is 1. The van der Waals surface area contributed by atoms with Crippen LogP contribution >= 0.6 is 0 Å². The third-order valence-corrected chi connectivity index (χ3v) is 7.73. The molecule has 1 heterocycles. The van der Waals surface area contributed by atoms with E-state index in [-0.39, 0.29) is 18.6 Å². The van der Waals surface area contributed by atoms with Crippen molar-refractivity contribution in [3.8, 4) is 0 Å². The number of Topliss-reactive ketones (excluding diaryl/α,β-unsaturated/α-hetero) is 1. The highest BCUT2D eigenvalue weighted by atomic mass is 16.5. The van der Waals surface area contributed by atoms with Crippen LogP contribution in [0.2, 0.25) is 0 Å². The van der Waals surface area contributed by atoms with Crippen LogP contribution in [0, 0.1) is 5.92 Å². The number of morpholine rings is 1. The van der Waals surface area contributed by atoms with Gasteiger partial charge in [0.05, 0.1) is 13.2 Å². The van der Waals surface area contributed by atoms with Crippen molar-refractivity contribution in [2.24, 2.45) is 5.92 Å². The zero-order chi connectivity index (χ0) is 29.0. The van der Waals surface area contributed by atoms with Gasteiger partial charge in [-0.1, -0.05) is 75.8 Å². The first-order valence-corrected chi connectivity index (χ1v) is 14.8. The van der Waals surface area contributed by atoms with Gasteiger partial charge >= 0.3 is 6.03 Å². The summed E-state index contributed by atoms with van der Waals surface area (Å²) in [6.45, 7) is 3.96. The van der Waals surface area contributed by atoms with E-state index in [9.17, 15) is 19.2 Å². The second kappa shape index (κ2) is 15.5. The smallest absolute Gasteiger partial charge is 0.318 e. The Balaban J connectivity index is 1.45. The van der Waals surface area contributed by atoms with Crippen LogP contribution in [0.5, 0.6) is 0 Å². The maximum atomic E-state index is 13.6. The fourth-order valence-corrected chi connectivity index (χ4v) is 5.33. The van der Waals surface area contributed by atoms with Gasteiger partial charge in [-0.15, -0.1) is 0 Å². The Hall–Kier alpha value is -3.50. The van der Waals surface area contributed by atoms with Gasteiger partial charge in [-0.05, 0) is 41.7 Å². The van der Waals surface area contributed by atoms with E-state index >= 15 is 0 Å². The molecule has 41 heavy (non-hydrogen) atoms. The summed E-state index contributed by atoms with van der Waals surface area (Å²) in [7, 11) is 0. The molecule has 222 valence electrons. The molecule has 0 spiro atoms. The molecule has 1 saturated carbocycles. The summed E-state index contributed by atoms with van der Waals surface area (Å²) >= 11 is 0. The Morgan fingerprint density at radius 2 is 1.71 bits per heavy atom. The quantitative estimate of drug-likeness (QED) is 0.203. The van der Waals surface area contributed by atoms with Gasteiger partial charge in [0, 0.05) is 25.4 Å². The number of fused-ring (bicyclic) bond motifs is 1. The maximum Gasteiger partial charge on any atom is 0.318 e. The van der Waals surface area contributed by atoms with Gasteiger partial charge < -0.3 is 30.3 Å². The monoisotopic (exact) mass is 566 g/mol. The summed E-state index contributed by atoms with van der Waals surface area (Å²) in [5.74, 6) is -2.04. The number of nitrogens with one attached hydrogen (secondary N) is 3. The lowest BCUT2D eigenvalue weighted by Crippen LogP contribution is -2.57. The first-order valence-electron chi connectivity index (χ1n) is 14.8. The SMILES string of the molecule is CCCCOC(NC(=O)[C@H](CC1CCCCC1)NC(=O)N1CCOCC1)C(=O)C(=O)Nc1ccc2ccccc2c1. The molecule has 1 aliphatic carbocycles. The van der Waals surface area contributed by atoms with Gasteiger partial charge in [0.2, 0.25) is 5.91 Å². The Bertz CT molecular complexity index is 1190. The Morgan fingerprint density at radius 3 is 2.44 bits per heavy atom. The van der Waals surface area contributed by atoms with Crippen LogP contribution in [0.1, 0.15) is 58.3 Å². The number of rotatable bonds is 12. The fraction of sp³-hybridized carbons (Fsp3) is 0.548. The molecule has 10 nitrogen and oxygen atoms in total. The van der Waals surface area contributed by atoms with Gasteiger partial charge in [0.25, 0.3) is 11.7 Å². The number of benzene rings is 2. The van der Waals surface area contributed by atoms with Crippen molar-refractivity contribution >= 4 is 40.1 Å². The van der Waals surface area contributed by atoms with Crippen LogP contribution in [0.4, 0.5) is 10.5 Å². The van der Waals surface area contributed by atoms with Crippen molar-refractivity contribution in [2.45, 2.75) is 70.6 Å². The Kier molecular flexibility index (Phi) is 11.5. The van der Waals surface area contributed by atoms with Crippen molar-refractivity contribution < 1.29 is 28.7 Å². The number of hydrogen-bond acceptors (Lipinski definition) is 6. The number of carbonyl (C=O) groups is 4. The third-order valence-electron chi connectivity index (χ3n) is 7.73. The lowest BCUT2D eigenvalue weighted by atomic mass is 9.84. The molecule has 1 aliphatic heterocycles. The number of carbonyl (C=O) groups excluding carboxylic acids is 4. The van der Waals surface area contributed by atoms with E-state index in [0.717, 1.165) is 42.9 Å². The van der Waals surface area contributed by atoms with Gasteiger partial charge in [-0.25, -0.2) is 4.79 Å². The molecule has 2 fully saturated rings. The van der Waals surface area contributed by atoms with Crippen molar-refractivity contribution in [2.75, 3.05) is 38.2 Å². The average molecular weight is 567 g/mol. The van der Waals surface area contributed by atoms with E-state index in [1.54, 1.807) is 17.0 Å². The van der Waals surface area contributed by atoms with Crippen molar-refractivity contribution in [3.05, 3.63) is 42.5 Å². The molecule has 2 aromatic rings. The second-order valence-electron chi connectivity index (χ2n) is 10.8. The van der Waals surface area contributed by atoms with Crippen LogP contribution < -0.4 is 16.0 Å². The van der Waals surface area contributed by atoms with Gasteiger partial charge in [0.1, 0.15) is 6.04 Å². The summed E-state index contributed by atoms with van der Waals surface area (Å²) < 4.78 is 11.1. The normalized spacial score (nSPS) is 17.4. The molecule has 1 unspecified atom stereocenters. The van der Waals surface area contributed by atoms with Crippen molar-refractivity contribution in [3.63, 3.8) is 0 Å². The molecule has 10 heteroatoms. The van der Waals surface area contributed by atoms with Crippen LogP contribution in [0.15, 0.2) is 42.5 Å². The van der Waals surface area contributed by atoms with E-state index < -0.39 is 29.9 Å². The summed E-state index contributed by atoms with van der Waals surface area (Å²) in [6, 6.07) is 11.9. The molecule has 0 aromatic heterocycles. The third kappa shape index (κ3) is 8.99. The molecule has 0 radical (unpaired) electrons. The average Bonchev–Trinajstić information content (AvgIpc) is 3.00. The summed E-state index contributed by atoms with van der Waals surface area (Å²) in [5.41, 5.74) is 0.466. The van der Waals surface area contributed by atoms with E-state index in [4.69, 9.17) is 9.47 Å². The molecule has 2 aliphatic rings. The minimum atomic E-state index is -1.47. The lowest BCUT2D eigenvalue weighted by molar-refractivity contribution is -0.147. The van der Waals surface area contributed by atoms with E-state index in [1.165, 1.54) is 6.42 Å². The van der Waals surface area contributed by atoms with E-state index in [0.29, 0.717) is 44.8 Å². The minimum absolute atomic E-state index is 0.198. The number of ketones is 1. The fourth-order valence-electron chi connectivity index (χ4n) is 5.33. The topological polar surface area (TPSA) is 126 Å². The molecule has 2 aromatic carbocycles. The minimum Gasteiger partial charge on any atom is -0.378 e. The predicted octanol–water partition coefficient (Wildman–Crippen LogP) is 3.99. The Labute approximate surface area is 241 Å². The lowest BCUT2D eigenvalue weighted by Gasteiger charge is -2.31. The first kappa shape index (κ1) is 30.5. The number of nitrogens with zero attached hydrogens (tertiary/aromatic N) is 1. The van der Waals surface area contributed by atoms with E-state index in [2.05, 4.69) is 16.0 Å². The zero-order valence-corrected chi connectivity index (χ0v) is 23.9. The van der Waals surface area contributed by atoms with E-state index in [1.807, 2.05) is 37.3 Å². The highest BCUT2D eigenvalue weighted by molar-refractivity contribution is 6.42. The number of amides is 4. The van der Waals surface area contributed by atoms with Crippen LogP contribution in [0.25, 0.3) is 10.8 Å². The molecule has 1 saturated heterocycles. The highest BCUT2D eigenvalue weighted by Crippen LogP contribution is 2.27. The summed E-state index contributed by atoms with van der Waals surface area (Å²) in [4.78, 5) is 54.5. The zero-order valence-electron chi connectivity index (χ0n) is 23.9. The largest absolute Gasteiger partial charge is 0.378 e. The van der Waals surface area contributed by atoms with Gasteiger partial charge in [-0.3, -0.25) is 14.4 Å². The molecule has 2 atom stereocenters. The molecule has 0 bridgehead atoms. The number of anilines is 1. The predicted molar refractivity (Wildman–Crippen MR) is 156 cm³/mol. The van der Waals surface area contributed by atoms with Crippen molar-refractivity contribution in [1.82, 2.24) is 15.5 Å².